The van der Waals surface area contributed by atoms with Crippen molar-refractivity contribution in [1.82, 2.24) is 0 Å². The van der Waals surface area contributed by atoms with E-state index in [1.165, 1.54) is 18.2 Å². The third-order valence-corrected chi connectivity index (χ3v) is 3.91. The summed E-state index contributed by atoms with van der Waals surface area (Å²) in [6.45, 7) is 0. The summed E-state index contributed by atoms with van der Waals surface area (Å²) in [4.78, 5) is 22.5. The number of nitro benzene ring substituents is 1. The van der Waals surface area contributed by atoms with Gasteiger partial charge in [-0.2, -0.15) is 0 Å². The predicted octanol–water partition coefficient (Wildman–Crippen LogP) is 3.78. The Morgan fingerprint density at radius 3 is 2.73 bits per heavy atom. The molecule has 0 heterocycles. The second-order valence-corrected chi connectivity index (χ2v) is 5.35. The van der Waals surface area contributed by atoms with Gasteiger partial charge in [-0.25, -0.2) is 0 Å². The molecule has 2 aromatic rings. The number of hydrogen-bond acceptors (Lipinski definition) is 4. The number of phenols is 1. The van der Waals surface area contributed by atoms with Gasteiger partial charge in [0.2, 0.25) is 0 Å². The van der Waals surface area contributed by atoms with E-state index in [0.717, 1.165) is 5.56 Å². The molecular formula is C16H10ClNO4. The van der Waals surface area contributed by atoms with Crippen molar-refractivity contribution in [1.29, 1.82) is 0 Å². The van der Waals surface area contributed by atoms with Gasteiger partial charge in [0, 0.05) is 28.6 Å². The summed E-state index contributed by atoms with van der Waals surface area (Å²) in [5.74, 6) is -0.538. The number of halogens is 1. The Morgan fingerprint density at radius 1 is 1.27 bits per heavy atom. The highest BCUT2D eigenvalue weighted by atomic mass is 35.5. The van der Waals surface area contributed by atoms with Crippen molar-refractivity contribution in [2.75, 3.05) is 0 Å². The summed E-state index contributed by atoms with van der Waals surface area (Å²) < 4.78 is 0. The van der Waals surface area contributed by atoms with Crippen LogP contribution in [0, 0.1) is 10.1 Å². The highest BCUT2D eigenvalue weighted by Crippen LogP contribution is 2.34. The van der Waals surface area contributed by atoms with Crippen molar-refractivity contribution in [2.45, 2.75) is 6.42 Å². The molecule has 0 fully saturated rings. The largest absolute Gasteiger partial charge is 0.502 e. The first-order valence-corrected chi connectivity index (χ1v) is 6.85. The van der Waals surface area contributed by atoms with E-state index < -0.39 is 16.4 Å². The Labute approximate surface area is 130 Å². The zero-order valence-corrected chi connectivity index (χ0v) is 12.0. The van der Waals surface area contributed by atoms with Gasteiger partial charge in [-0.05, 0) is 29.3 Å². The summed E-state index contributed by atoms with van der Waals surface area (Å²) in [7, 11) is 0. The quantitative estimate of drug-likeness (QED) is 0.519. The smallest absolute Gasteiger partial charge is 0.311 e. The molecule has 0 aliphatic heterocycles. The first kappa shape index (κ1) is 14.3. The number of benzene rings is 2. The van der Waals surface area contributed by atoms with Crippen molar-refractivity contribution >= 4 is 29.1 Å². The second kappa shape index (κ2) is 5.27. The van der Waals surface area contributed by atoms with E-state index in [9.17, 15) is 20.0 Å². The van der Waals surface area contributed by atoms with E-state index in [0.29, 0.717) is 28.1 Å². The highest BCUT2D eigenvalue weighted by Gasteiger charge is 2.26. The van der Waals surface area contributed by atoms with Gasteiger partial charge in [0.15, 0.2) is 11.5 Å². The second-order valence-electron chi connectivity index (χ2n) is 4.95. The molecule has 0 bridgehead atoms. The van der Waals surface area contributed by atoms with Crippen LogP contribution in [-0.4, -0.2) is 15.8 Å². The number of hydrogen-bond donors (Lipinski definition) is 1. The van der Waals surface area contributed by atoms with Crippen LogP contribution in [0.4, 0.5) is 5.69 Å². The zero-order valence-electron chi connectivity index (χ0n) is 11.2. The van der Waals surface area contributed by atoms with Gasteiger partial charge in [0.05, 0.1) is 4.92 Å². The van der Waals surface area contributed by atoms with Crippen LogP contribution in [0.5, 0.6) is 5.75 Å². The summed E-state index contributed by atoms with van der Waals surface area (Å²) in [6, 6.07) is 9.15. The molecule has 2 aromatic carbocycles. The third-order valence-electron chi connectivity index (χ3n) is 3.56. The fraction of sp³-hybridized carbons (Fsp3) is 0.0625. The van der Waals surface area contributed by atoms with Gasteiger partial charge in [0.25, 0.3) is 0 Å². The number of nitrogens with zero attached hydrogens (tertiary/aromatic N) is 1. The molecule has 6 heteroatoms. The van der Waals surface area contributed by atoms with Crippen LogP contribution in [0.1, 0.15) is 21.5 Å². The van der Waals surface area contributed by atoms with Gasteiger partial charge >= 0.3 is 5.69 Å². The molecule has 5 nitrogen and oxygen atoms in total. The zero-order chi connectivity index (χ0) is 15.9. The van der Waals surface area contributed by atoms with Crippen molar-refractivity contribution in [2.24, 2.45) is 0 Å². The van der Waals surface area contributed by atoms with Gasteiger partial charge < -0.3 is 5.11 Å². The molecule has 1 N–H and O–H groups in total. The Balaban J connectivity index is 2.02. The SMILES string of the molecule is O=C1C(=Cc2ccc(O)c([N+](=O)[O-])c2)Cc2c(Cl)cccc21. The summed E-state index contributed by atoms with van der Waals surface area (Å²) in [5.41, 5.74) is 1.94. The number of allylic oxidation sites excluding steroid dienone is 1. The number of fused-ring (bicyclic) bond motifs is 1. The van der Waals surface area contributed by atoms with Crippen molar-refractivity contribution in [3.05, 3.63) is 73.8 Å². The molecular weight excluding hydrogens is 306 g/mol. The number of carbonyl (C=O) groups excluding carboxylic acids is 1. The maximum atomic E-state index is 12.3. The topological polar surface area (TPSA) is 80.4 Å². The third kappa shape index (κ3) is 2.35. The maximum absolute atomic E-state index is 12.3. The van der Waals surface area contributed by atoms with Crippen LogP contribution in [0.3, 0.4) is 0 Å². The normalized spacial score (nSPS) is 15.1. The Bertz CT molecular complexity index is 842. The van der Waals surface area contributed by atoms with Crippen molar-refractivity contribution < 1.29 is 14.8 Å². The number of aromatic hydroxyl groups is 1. The lowest BCUT2D eigenvalue weighted by Gasteiger charge is -1.99. The molecule has 0 aromatic heterocycles. The van der Waals surface area contributed by atoms with E-state index in [2.05, 4.69) is 0 Å². The molecule has 1 aliphatic carbocycles. The Morgan fingerprint density at radius 2 is 2.05 bits per heavy atom. The number of Topliss-reactive ketones (excluding diaryl/α,β-unsaturated/α-hetero) is 1. The number of rotatable bonds is 2. The minimum absolute atomic E-state index is 0.131. The fourth-order valence-electron chi connectivity index (χ4n) is 2.49. The Kier molecular flexibility index (Phi) is 3.42. The molecule has 0 saturated heterocycles. The number of nitro groups is 1. The molecule has 0 saturated carbocycles. The maximum Gasteiger partial charge on any atom is 0.311 e. The van der Waals surface area contributed by atoms with Gasteiger partial charge in [-0.15, -0.1) is 0 Å². The lowest BCUT2D eigenvalue weighted by atomic mass is 10.1. The summed E-state index contributed by atoms with van der Waals surface area (Å²) in [5, 5.41) is 20.8. The highest BCUT2D eigenvalue weighted by molar-refractivity contribution is 6.33. The van der Waals surface area contributed by atoms with Crippen molar-refractivity contribution in [3.63, 3.8) is 0 Å². The molecule has 3 rings (SSSR count). The van der Waals surface area contributed by atoms with Gasteiger partial charge in [-0.3, -0.25) is 14.9 Å². The summed E-state index contributed by atoms with van der Waals surface area (Å²) >= 11 is 6.09. The average Bonchev–Trinajstić information content (AvgIpc) is 2.79. The minimum atomic E-state index is -0.667. The van der Waals surface area contributed by atoms with Gasteiger partial charge in [0.1, 0.15) is 0 Å². The van der Waals surface area contributed by atoms with E-state index in [1.807, 2.05) is 0 Å². The first-order valence-electron chi connectivity index (χ1n) is 6.47. The van der Waals surface area contributed by atoms with E-state index >= 15 is 0 Å². The molecule has 1 aliphatic rings. The number of phenolic OH excluding ortho intramolecular Hbond substituents is 1. The predicted molar refractivity (Wildman–Crippen MR) is 82.2 cm³/mol. The Hall–Kier alpha value is -2.66. The van der Waals surface area contributed by atoms with E-state index in [1.54, 1.807) is 24.3 Å². The lowest BCUT2D eigenvalue weighted by molar-refractivity contribution is -0.385. The molecule has 0 spiro atoms. The molecule has 0 amide bonds. The van der Waals surface area contributed by atoms with Crippen LogP contribution in [-0.2, 0) is 6.42 Å². The average molecular weight is 316 g/mol. The molecule has 22 heavy (non-hydrogen) atoms. The van der Waals surface area contributed by atoms with Crippen LogP contribution in [0.15, 0.2) is 42.0 Å². The lowest BCUT2D eigenvalue weighted by Crippen LogP contribution is -1.95. The van der Waals surface area contributed by atoms with Gasteiger partial charge in [-0.1, -0.05) is 29.8 Å². The monoisotopic (exact) mass is 315 g/mol. The minimum Gasteiger partial charge on any atom is -0.502 e. The molecule has 0 atom stereocenters. The standard InChI is InChI=1S/C16H10ClNO4/c17-13-3-1-2-11-12(13)8-10(16(11)20)6-9-4-5-15(19)14(7-9)18(21)22/h1-7,19H,8H2. The first-order chi connectivity index (χ1) is 10.5. The number of carbonyl (C=O) groups is 1. The van der Waals surface area contributed by atoms with E-state index in [4.69, 9.17) is 11.6 Å². The van der Waals surface area contributed by atoms with E-state index in [-0.39, 0.29) is 5.78 Å². The molecule has 0 radical (unpaired) electrons. The summed E-state index contributed by atoms with van der Waals surface area (Å²) in [6.07, 6.45) is 1.98. The molecule has 0 unspecified atom stereocenters. The number of ketones is 1. The van der Waals surface area contributed by atoms with Crippen LogP contribution < -0.4 is 0 Å². The van der Waals surface area contributed by atoms with Crippen molar-refractivity contribution in [3.8, 4) is 5.75 Å². The fourth-order valence-corrected chi connectivity index (χ4v) is 2.73. The van der Waals surface area contributed by atoms with Crippen LogP contribution in [0.25, 0.3) is 6.08 Å². The van der Waals surface area contributed by atoms with Crippen LogP contribution in [0.2, 0.25) is 5.02 Å². The molecule has 110 valence electrons. The van der Waals surface area contributed by atoms with Crippen LogP contribution >= 0.6 is 11.6 Å².